The van der Waals surface area contributed by atoms with Crippen LogP contribution in [0.3, 0.4) is 0 Å². The van der Waals surface area contributed by atoms with Crippen LogP contribution in [0.4, 0.5) is 5.69 Å². The zero-order valence-electron chi connectivity index (χ0n) is 13.6. The second-order valence-electron chi connectivity index (χ2n) is 5.18. The Bertz CT molecular complexity index is 764. The van der Waals surface area contributed by atoms with Crippen LogP contribution < -0.4 is 4.74 Å². The van der Waals surface area contributed by atoms with Crippen molar-refractivity contribution in [2.75, 3.05) is 13.7 Å². The van der Waals surface area contributed by atoms with Crippen molar-refractivity contribution >= 4 is 34.6 Å². The highest BCUT2D eigenvalue weighted by Crippen LogP contribution is 2.34. The molecule has 3 rings (SSSR count). The maximum Gasteiger partial charge on any atom is 0.266 e. The molecule has 0 saturated carbocycles. The fourth-order valence-electron chi connectivity index (χ4n) is 2.28. The third-order valence-electron chi connectivity index (χ3n) is 3.45. The molecule has 0 bridgehead atoms. The van der Waals surface area contributed by atoms with Crippen molar-refractivity contribution < 1.29 is 13.9 Å². The van der Waals surface area contributed by atoms with E-state index in [0.29, 0.717) is 22.4 Å². The molecule has 6 heteroatoms. The highest BCUT2D eigenvalue weighted by molar-refractivity contribution is 8.18. The van der Waals surface area contributed by atoms with Crippen molar-refractivity contribution in [3.63, 3.8) is 0 Å². The smallest absolute Gasteiger partial charge is 0.266 e. The van der Waals surface area contributed by atoms with Gasteiger partial charge in [-0.1, -0.05) is 6.92 Å². The summed E-state index contributed by atoms with van der Waals surface area (Å²) >= 11 is 1.37. The van der Waals surface area contributed by atoms with E-state index in [-0.39, 0.29) is 5.91 Å². The number of hydrogen-bond donors (Lipinski definition) is 0. The number of amidine groups is 1. The van der Waals surface area contributed by atoms with Gasteiger partial charge in [-0.05, 0) is 54.6 Å². The topological polar surface area (TPSA) is 55.0 Å². The number of benzene rings is 1. The summed E-state index contributed by atoms with van der Waals surface area (Å²) in [5.74, 6) is 1.40. The number of carbonyl (C=O) groups is 1. The molecule has 5 nitrogen and oxygen atoms in total. The highest BCUT2D eigenvalue weighted by Gasteiger charge is 2.32. The van der Waals surface area contributed by atoms with E-state index in [2.05, 4.69) is 4.99 Å². The molecular formula is C18H18N2O3S. The molecule has 1 amide bonds. The van der Waals surface area contributed by atoms with Gasteiger partial charge in [0.2, 0.25) is 0 Å². The first kappa shape index (κ1) is 16.4. The van der Waals surface area contributed by atoms with Crippen LogP contribution >= 0.6 is 11.8 Å². The number of nitrogens with zero attached hydrogens (tertiary/aromatic N) is 2. The van der Waals surface area contributed by atoms with Gasteiger partial charge in [-0.2, -0.15) is 0 Å². The Balaban J connectivity index is 1.89. The number of amides is 1. The SMILES string of the molecule is CCCN1C(=O)/C(=C/c2ccco2)SC1=Nc1ccc(OC)cc1. The van der Waals surface area contributed by atoms with E-state index in [0.717, 1.165) is 17.9 Å². The molecule has 1 aliphatic heterocycles. The van der Waals surface area contributed by atoms with Gasteiger partial charge in [0.1, 0.15) is 11.5 Å². The van der Waals surface area contributed by atoms with E-state index in [4.69, 9.17) is 9.15 Å². The summed E-state index contributed by atoms with van der Waals surface area (Å²) in [5.41, 5.74) is 0.784. The number of rotatable bonds is 5. The van der Waals surface area contributed by atoms with E-state index < -0.39 is 0 Å². The standard InChI is InChI=1S/C18H18N2O3S/c1-3-10-20-17(21)16(12-15-5-4-11-23-15)24-18(20)19-13-6-8-14(22-2)9-7-13/h4-9,11-12H,3,10H2,1-2H3/b16-12-,19-18?. The summed E-state index contributed by atoms with van der Waals surface area (Å²) in [4.78, 5) is 19.6. The van der Waals surface area contributed by atoms with Gasteiger partial charge in [-0.25, -0.2) is 4.99 Å². The fourth-order valence-corrected chi connectivity index (χ4v) is 3.29. The highest BCUT2D eigenvalue weighted by atomic mass is 32.2. The van der Waals surface area contributed by atoms with Crippen LogP contribution in [-0.4, -0.2) is 29.6 Å². The molecule has 1 saturated heterocycles. The molecule has 0 unspecified atom stereocenters. The Morgan fingerprint density at radius 3 is 2.71 bits per heavy atom. The van der Waals surface area contributed by atoms with Crippen molar-refractivity contribution in [1.82, 2.24) is 4.90 Å². The summed E-state index contributed by atoms with van der Waals surface area (Å²) in [6.45, 7) is 2.67. The summed E-state index contributed by atoms with van der Waals surface area (Å²) in [7, 11) is 1.63. The van der Waals surface area contributed by atoms with Gasteiger partial charge in [0.25, 0.3) is 5.91 Å². The number of carbonyl (C=O) groups excluding carboxylic acids is 1. The molecule has 24 heavy (non-hydrogen) atoms. The van der Waals surface area contributed by atoms with Crippen molar-refractivity contribution in [3.05, 3.63) is 53.3 Å². The van der Waals surface area contributed by atoms with Crippen LogP contribution in [0.5, 0.6) is 5.75 Å². The largest absolute Gasteiger partial charge is 0.497 e. The van der Waals surface area contributed by atoms with Crippen molar-refractivity contribution in [3.8, 4) is 5.75 Å². The molecule has 0 spiro atoms. The molecule has 1 aromatic heterocycles. The molecule has 0 N–H and O–H groups in total. The zero-order chi connectivity index (χ0) is 16.9. The zero-order valence-corrected chi connectivity index (χ0v) is 14.4. The second-order valence-corrected chi connectivity index (χ2v) is 6.18. The summed E-state index contributed by atoms with van der Waals surface area (Å²) < 4.78 is 10.5. The van der Waals surface area contributed by atoms with Crippen LogP contribution in [0.2, 0.25) is 0 Å². The van der Waals surface area contributed by atoms with Crippen molar-refractivity contribution in [2.24, 2.45) is 4.99 Å². The van der Waals surface area contributed by atoms with Crippen molar-refractivity contribution in [2.45, 2.75) is 13.3 Å². The molecule has 124 valence electrons. The lowest BCUT2D eigenvalue weighted by atomic mass is 10.3. The molecule has 2 aromatic rings. The molecule has 1 fully saturated rings. The molecule has 0 radical (unpaired) electrons. The van der Waals surface area contributed by atoms with Gasteiger partial charge in [0.05, 0.1) is 24.0 Å². The minimum Gasteiger partial charge on any atom is -0.497 e. The van der Waals surface area contributed by atoms with Crippen LogP contribution in [0.25, 0.3) is 6.08 Å². The Morgan fingerprint density at radius 1 is 1.29 bits per heavy atom. The fraction of sp³-hybridized carbons (Fsp3) is 0.222. The van der Waals surface area contributed by atoms with Gasteiger partial charge in [0, 0.05) is 12.6 Å². The first-order chi connectivity index (χ1) is 11.7. The number of methoxy groups -OCH3 is 1. The van der Waals surface area contributed by atoms with E-state index in [1.165, 1.54) is 11.8 Å². The van der Waals surface area contributed by atoms with Gasteiger partial charge in [0.15, 0.2) is 5.17 Å². The monoisotopic (exact) mass is 342 g/mol. The minimum atomic E-state index is -0.0366. The third kappa shape index (κ3) is 3.54. The van der Waals surface area contributed by atoms with Gasteiger partial charge >= 0.3 is 0 Å². The molecule has 0 atom stereocenters. The summed E-state index contributed by atoms with van der Waals surface area (Å²) in [5, 5.41) is 0.685. The Hall–Kier alpha value is -2.47. The van der Waals surface area contributed by atoms with Gasteiger partial charge < -0.3 is 9.15 Å². The van der Waals surface area contributed by atoms with E-state index in [1.807, 2.05) is 37.3 Å². The summed E-state index contributed by atoms with van der Waals surface area (Å²) in [6.07, 6.45) is 4.21. The normalized spacial score (nSPS) is 17.9. The van der Waals surface area contributed by atoms with E-state index >= 15 is 0 Å². The Kier molecular flexibility index (Phi) is 5.05. The summed E-state index contributed by atoms with van der Waals surface area (Å²) in [6, 6.07) is 11.1. The van der Waals surface area contributed by atoms with Crippen LogP contribution in [0, 0.1) is 0 Å². The average Bonchev–Trinajstić information content (AvgIpc) is 3.20. The number of furan rings is 1. The van der Waals surface area contributed by atoms with Gasteiger partial charge in [-0.3, -0.25) is 9.69 Å². The number of thioether (sulfide) groups is 1. The lowest BCUT2D eigenvalue weighted by molar-refractivity contribution is -0.122. The van der Waals surface area contributed by atoms with E-state index in [1.54, 1.807) is 30.4 Å². The lowest BCUT2D eigenvalue weighted by Gasteiger charge is -2.13. The molecule has 1 aromatic carbocycles. The number of hydrogen-bond acceptors (Lipinski definition) is 5. The quantitative estimate of drug-likeness (QED) is 0.760. The molecular weight excluding hydrogens is 324 g/mol. The van der Waals surface area contributed by atoms with Crippen LogP contribution in [-0.2, 0) is 4.79 Å². The second kappa shape index (κ2) is 7.40. The number of ether oxygens (including phenoxy) is 1. The predicted molar refractivity (Wildman–Crippen MR) is 96.4 cm³/mol. The van der Waals surface area contributed by atoms with Crippen LogP contribution in [0.1, 0.15) is 19.1 Å². The molecule has 2 heterocycles. The first-order valence-corrected chi connectivity index (χ1v) is 8.50. The number of aliphatic imine (C=N–C) groups is 1. The Morgan fingerprint density at radius 2 is 2.08 bits per heavy atom. The maximum atomic E-state index is 12.6. The average molecular weight is 342 g/mol. The van der Waals surface area contributed by atoms with Crippen LogP contribution in [0.15, 0.2) is 57.0 Å². The van der Waals surface area contributed by atoms with Crippen molar-refractivity contribution in [1.29, 1.82) is 0 Å². The maximum absolute atomic E-state index is 12.6. The van der Waals surface area contributed by atoms with E-state index in [9.17, 15) is 4.79 Å². The Labute approximate surface area is 145 Å². The van der Waals surface area contributed by atoms with Gasteiger partial charge in [-0.15, -0.1) is 0 Å². The molecule has 0 aliphatic carbocycles. The minimum absolute atomic E-state index is 0.0366. The molecule has 1 aliphatic rings. The third-order valence-corrected chi connectivity index (χ3v) is 4.46. The first-order valence-electron chi connectivity index (χ1n) is 7.69. The lowest BCUT2D eigenvalue weighted by Crippen LogP contribution is -2.29. The predicted octanol–water partition coefficient (Wildman–Crippen LogP) is 4.30.